The van der Waals surface area contributed by atoms with Crippen LogP contribution in [0.5, 0.6) is 0 Å². The Balaban J connectivity index is 1.09. The highest BCUT2D eigenvalue weighted by Gasteiger charge is 2.40. The van der Waals surface area contributed by atoms with Crippen LogP contribution in [0.4, 0.5) is 15.8 Å². The van der Waals surface area contributed by atoms with Crippen LogP contribution in [0.2, 0.25) is 0 Å². The second kappa shape index (κ2) is 9.41. The van der Waals surface area contributed by atoms with E-state index in [1.165, 1.54) is 30.9 Å². The van der Waals surface area contributed by atoms with Crippen LogP contribution in [0.25, 0.3) is 0 Å². The Bertz CT molecular complexity index is 1100. The lowest BCUT2D eigenvalue weighted by molar-refractivity contribution is -0.169. The van der Waals surface area contributed by atoms with Crippen molar-refractivity contribution in [1.29, 1.82) is 0 Å². The zero-order valence-electron chi connectivity index (χ0n) is 20.2. The summed E-state index contributed by atoms with van der Waals surface area (Å²) in [7, 11) is 0. The number of piperidine rings is 1. The van der Waals surface area contributed by atoms with Gasteiger partial charge in [0.25, 0.3) is 0 Å². The zero-order valence-corrected chi connectivity index (χ0v) is 21.0. The maximum absolute atomic E-state index is 15.0. The van der Waals surface area contributed by atoms with Gasteiger partial charge in [-0.2, -0.15) is 5.10 Å². The van der Waals surface area contributed by atoms with Crippen LogP contribution in [0.3, 0.4) is 0 Å². The quantitative estimate of drug-likeness (QED) is 0.648. The topological polar surface area (TPSA) is 68.6 Å². The fourth-order valence-electron chi connectivity index (χ4n) is 5.94. The molecule has 3 aliphatic heterocycles. The van der Waals surface area contributed by atoms with Gasteiger partial charge in [0, 0.05) is 37.2 Å². The van der Waals surface area contributed by atoms with Crippen molar-refractivity contribution >= 4 is 29.0 Å². The summed E-state index contributed by atoms with van der Waals surface area (Å²) in [6.45, 7) is 4.66. The van der Waals surface area contributed by atoms with Crippen LogP contribution < -0.4 is 10.2 Å². The van der Waals surface area contributed by atoms with E-state index in [1.54, 1.807) is 23.9 Å². The van der Waals surface area contributed by atoms with E-state index in [4.69, 9.17) is 14.6 Å². The molecule has 1 atom stereocenters. The lowest BCUT2D eigenvalue weighted by atomic mass is 9.96. The molecule has 1 amide bonds. The Labute approximate surface area is 209 Å². The second-order valence-electron chi connectivity index (χ2n) is 10.2. The predicted molar refractivity (Wildman–Crippen MR) is 134 cm³/mol. The summed E-state index contributed by atoms with van der Waals surface area (Å²) in [6, 6.07) is 5.44. The van der Waals surface area contributed by atoms with Gasteiger partial charge in [0.2, 0.25) is 5.91 Å². The average Bonchev–Trinajstić information content (AvgIpc) is 3.58. The Kier molecular flexibility index (Phi) is 6.26. The molecule has 1 spiro atoms. The van der Waals surface area contributed by atoms with Gasteiger partial charge in [0.1, 0.15) is 5.82 Å². The highest BCUT2D eigenvalue weighted by molar-refractivity contribution is 8.00. The van der Waals surface area contributed by atoms with Crippen LogP contribution in [0, 0.1) is 12.7 Å². The molecule has 1 aromatic carbocycles. The first-order valence-corrected chi connectivity index (χ1v) is 13.8. The van der Waals surface area contributed by atoms with E-state index in [9.17, 15) is 4.79 Å². The number of amides is 1. The molecule has 188 valence electrons. The van der Waals surface area contributed by atoms with Gasteiger partial charge in [0.15, 0.2) is 5.79 Å². The molecule has 1 N–H and O–H groups in total. The molecular formula is C26H33FN4O3S. The molecule has 4 aliphatic rings. The molecule has 2 saturated heterocycles. The largest absolute Gasteiger partial charge is 0.369 e. The first kappa shape index (κ1) is 23.3. The molecular weight excluding hydrogens is 467 g/mol. The summed E-state index contributed by atoms with van der Waals surface area (Å²) in [6.07, 6.45) is 8.23. The first-order chi connectivity index (χ1) is 17.0. The Morgan fingerprint density at radius 3 is 2.63 bits per heavy atom. The number of halogens is 1. The molecule has 2 aromatic rings. The smallest absolute Gasteiger partial charge is 0.238 e. The van der Waals surface area contributed by atoms with E-state index in [2.05, 4.69) is 10.00 Å². The number of aryl methyl sites for hydroxylation is 1. The van der Waals surface area contributed by atoms with Gasteiger partial charge in [-0.3, -0.25) is 9.48 Å². The number of hydrogen-bond donors (Lipinski definition) is 1. The number of hydrogen-bond acceptors (Lipinski definition) is 6. The summed E-state index contributed by atoms with van der Waals surface area (Å²) < 4.78 is 28.8. The number of nitrogens with zero attached hydrogens (tertiary/aromatic N) is 3. The van der Waals surface area contributed by atoms with Crippen molar-refractivity contribution in [3.63, 3.8) is 0 Å². The van der Waals surface area contributed by atoms with E-state index in [-0.39, 0.29) is 17.0 Å². The third kappa shape index (κ3) is 4.47. The number of anilines is 2. The predicted octanol–water partition coefficient (Wildman–Crippen LogP) is 4.83. The molecule has 1 aromatic heterocycles. The van der Waals surface area contributed by atoms with Gasteiger partial charge in [-0.15, -0.1) is 0 Å². The maximum atomic E-state index is 15.0. The minimum absolute atomic E-state index is 0.0802. The van der Waals surface area contributed by atoms with E-state index in [0.29, 0.717) is 50.1 Å². The highest BCUT2D eigenvalue weighted by atomic mass is 32.2. The zero-order chi connectivity index (χ0) is 24.0. The maximum Gasteiger partial charge on any atom is 0.238 e. The molecule has 4 heterocycles. The second-order valence-corrected chi connectivity index (χ2v) is 11.4. The molecule has 3 fully saturated rings. The van der Waals surface area contributed by atoms with Gasteiger partial charge >= 0.3 is 0 Å². The third-order valence-corrected chi connectivity index (χ3v) is 9.23. The lowest BCUT2D eigenvalue weighted by Crippen LogP contribution is -2.45. The highest BCUT2D eigenvalue weighted by Crippen LogP contribution is 2.43. The van der Waals surface area contributed by atoms with Crippen molar-refractivity contribution in [3.8, 4) is 0 Å². The monoisotopic (exact) mass is 500 g/mol. The van der Waals surface area contributed by atoms with Crippen molar-refractivity contribution in [3.05, 3.63) is 35.3 Å². The summed E-state index contributed by atoms with van der Waals surface area (Å²) >= 11 is 1.61. The summed E-state index contributed by atoms with van der Waals surface area (Å²) in [5.74, 6) is -0.884. The summed E-state index contributed by atoms with van der Waals surface area (Å²) in [4.78, 5) is 15.1. The molecule has 1 saturated carbocycles. The lowest BCUT2D eigenvalue weighted by Gasteiger charge is -2.38. The number of benzene rings is 1. The fourth-order valence-corrected chi connectivity index (χ4v) is 7.30. The van der Waals surface area contributed by atoms with E-state index in [0.717, 1.165) is 36.4 Å². The van der Waals surface area contributed by atoms with Gasteiger partial charge in [-0.05, 0) is 44.4 Å². The Morgan fingerprint density at radius 2 is 1.91 bits per heavy atom. The normalized spacial score (nSPS) is 24.2. The Morgan fingerprint density at radius 1 is 1.17 bits per heavy atom. The number of rotatable bonds is 4. The minimum atomic E-state index is -0.482. The van der Waals surface area contributed by atoms with Crippen LogP contribution in [0.15, 0.2) is 23.2 Å². The third-order valence-electron chi connectivity index (χ3n) is 7.91. The molecule has 35 heavy (non-hydrogen) atoms. The average molecular weight is 501 g/mol. The minimum Gasteiger partial charge on any atom is -0.369 e. The van der Waals surface area contributed by atoms with Crippen LogP contribution >= 0.6 is 11.8 Å². The van der Waals surface area contributed by atoms with E-state index < -0.39 is 5.79 Å². The first-order valence-electron chi connectivity index (χ1n) is 12.9. The Hall–Kier alpha value is -2.10. The molecule has 1 unspecified atom stereocenters. The molecule has 0 radical (unpaired) electrons. The molecule has 6 rings (SSSR count). The number of carbonyl (C=O) groups excluding carboxylic acids is 1. The van der Waals surface area contributed by atoms with Crippen LogP contribution in [0.1, 0.15) is 62.2 Å². The van der Waals surface area contributed by atoms with Gasteiger partial charge in [0.05, 0.1) is 40.9 Å². The number of aromatic nitrogens is 2. The number of nitrogens with one attached hydrogen (secondary N) is 1. The van der Waals surface area contributed by atoms with Crippen molar-refractivity contribution in [2.45, 2.75) is 80.4 Å². The molecule has 9 heteroatoms. The van der Waals surface area contributed by atoms with Gasteiger partial charge in [-0.25, -0.2) is 4.39 Å². The van der Waals surface area contributed by atoms with Gasteiger partial charge in [-0.1, -0.05) is 31.0 Å². The number of thioether (sulfide) groups is 1. The van der Waals surface area contributed by atoms with Crippen molar-refractivity contribution in [2.24, 2.45) is 0 Å². The van der Waals surface area contributed by atoms with Crippen LogP contribution in [-0.2, 0) is 20.7 Å². The van der Waals surface area contributed by atoms with Crippen LogP contribution in [-0.4, -0.2) is 53.0 Å². The number of carbonyl (C=O) groups is 1. The summed E-state index contributed by atoms with van der Waals surface area (Å²) in [5, 5.41) is 8.70. The fraction of sp³-hybridized carbons (Fsp3) is 0.615. The van der Waals surface area contributed by atoms with Crippen molar-refractivity contribution in [1.82, 2.24) is 9.78 Å². The van der Waals surface area contributed by atoms with Gasteiger partial charge < -0.3 is 19.7 Å². The van der Waals surface area contributed by atoms with Crippen molar-refractivity contribution in [2.75, 3.05) is 36.5 Å². The SMILES string of the molecule is Cc1nn(C2CCCCC2)c2c1CC(C(=O)Nc1ccc(N3CCC4(CC3)OCCO4)c(F)c1)S2. The molecule has 7 nitrogen and oxygen atoms in total. The molecule has 0 bridgehead atoms. The van der Waals surface area contributed by atoms with E-state index in [1.807, 2.05) is 11.8 Å². The van der Waals surface area contributed by atoms with E-state index >= 15 is 4.39 Å². The summed E-state index contributed by atoms with van der Waals surface area (Å²) in [5.41, 5.74) is 3.27. The number of fused-ring (bicyclic) bond motifs is 1. The number of ether oxygens (including phenoxy) is 2. The van der Waals surface area contributed by atoms with Crippen molar-refractivity contribution < 1.29 is 18.7 Å². The standard InChI is InChI=1S/C26H33FN4O3S/c1-17-20-16-23(35-25(20)31(29-17)19-5-3-2-4-6-19)24(32)28-18-7-8-22(21(27)15-18)30-11-9-26(10-12-30)33-13-14-34-26/h7-8,15,19,23H,2-6,9-14,16H2,1H3,(H,28,32). The molecule has 1 aliphatic carbocycles.